The predicted molar refractivity (Wildman–Crippen MR) is 93.5 cm³/mol. The smallest absolute Gasteiger partial charge is 0.119 e. The van der Waals surface area contributed by atoms with Crippen molar-refractivity contribution in [1.29, 1.82) is 0 Å². The van der Waals surface area contributed by atoms with Crippen molar-refractivity contribution in [2.45, 2.75) is 39.0 Å². The van der Waals surface area contributed by atoms with Crippen molar-refractivity contribution in [2.75, 3.05) is 13.2 Å². The zero-order valence-corrected chi connectivity index (χ0v) is 13.7. The van der Waals surface area contributed by atoms with Crippen molar-refractivity contribution < 1.29 is 4.74 Å². The number of ether oxygens (including phenoxy) is 1. The first-order valence-electron chi connectivity index (χ1n) is 8.21. The molecule has 0 bridgehead atoms. The summed E-state index contributed by atoms with van der Waals surface area (Å²) in [5.74, 6) is 1.38. The molecule has 2 rings (SSSR count). The van der Waals surface area contributed by atoms with Crippen LogP contribution in [-0.2, 0) is 6.42 Å². The minimum absolute atomic E-state index is 0.423. The van der Waals surface area contributed by atoms with Crippen LogP contribution in [0.5, 0.6) is 5.75 Å². The van der Waals surface area contributed by atoms with Crippen molar-refractivity contribution in [3.8, 4) is 5.75 Å². The molecular weight excluding hydrogens is 270 g/mol. The molecule has 0 aliphatic heterocycles. The topological polar surface area (TPSA) is 35.2 Å². The van der Waals surface area contributed by atoms with Crippen molar-refractivity contribution >= 4 is 0 Å². The molecule has 0 amide bonds. The summed E-state index contributed by atoms with van der Waals surface area (Å²) >= 11 is 0. The van der Waals surface area contributed by atoms with Crippen molar-refractivity contribution in [1.82, 2.24) is 0 Å². The number of hydrogen-bond acceptors (Lipinski definition) is 2. The summed E-state index contributed by atoms with van der Waals surface area (Å²) in [5.41, 5.74) is 9.89. The molecule has 0 aromatic heterocycles. The quantitative estimate of drug-likeness (QED) is 0.730. The van der Waals surface area contributed by atoms with E-state index >= 15 is 0 Å². The Bertz CT molecular complexity index is 545. The van der Waals surface area contributed by atoms with Gasteiger partial charge in [-0.2, -0.15) is 0 Å². The van der Waals surface area contributed by atoms with E-state index < -0.39 is 0 Å². The van der Waals surface area contributed by atoms with E-state index in [2.05, 4.69) is 62.4 Å². The average Bonchev–Trinajstić information content (AvgIpc) is 2.56. The van der Waals surface area contributed by atoms with Crippen LogP contribution >= 0.6 is 0 Å². The molecule has 0 saturated carbocycles. The normalized spacial score (nSPS) is 12.1. The molecule has 2 aromatic rings. The highest BCUT2D eigenvalue weighted by atomic mass is 16.5. The molecule has 0 saturated heterocycles. The van der Waals surface area contributed by atoms with E-state index in [1.165, 1.54) is 16.7 Å². The molecule has 0 heterocycles. The summed E-state index contributed by atoms with van der Waals surface area (Å²) in [7, 11) is 0. The molecule has 1 unspecified atom stereocenters. The molecule has 2 aromatic carbocycles. The summed E-state index contributed by atoms with van der Waals surface area (Å²) in [6.07, 6.45) is 3.15. The molecule has 0 spiro atoms. The van der Waals surface area contributed by atoms with Crippen LogP contribution < -0.4 is 10.5 Å². The number of rotatable bonds is 8. The molecule has 22 heavy (non-hydrogen) atoms. The first-order chi connectivity index (χ1) is 10.7. The van der Waals surface area contributed by atoms with Gasteiger partial charge in [0.1, 0.15) is 5.75 Å². The van der Waals surface area contributed by atoms with Crippen LogP contribution in [-0.4, -0.2) is 13.2 Å². The molecule has 2 heteroatoms. The fraction of sp³-hybridized carbons (Fsp3) is 0.400. The Morgan fingerprint density at radius 2 is 1.68 bits per heavy atom. The van der Waals surface area contributed by atoms with E-state index in [1.807, 2.05) is 0 Å². The molecule has 0 fully saturated rings. The Kier molecular flexibility index (Phi) is 6.47. The molecule has 0 aliphatic carbocycles. The van der Waals surface area contributed by atoms with E-state index in [0.717, 1.165) is 31.6 Å². The summed E-state index contributed by atoms with van der Waals surface area (Å²) < 4.78 is 5.81. The Labute approximate surface area is 134 Å². The highest BCUT2D eigenvalue weighted by Crippen LogP contribution is 2.21. The molecule has 2 N–H and O–H groups in total. The van der Waals surface area contributed by atoms with Gasteiger partial charge in [-0.3, -0.25) is 0 Å². The second-order valence-electron chi connectivity index (χ2n) is 5.83. The molecule has 2 nitrogen and oxygen atoms in total. The molecule has 0 radical (unpaired) electrons. The lowest BCUT2D eigenvalue weighted by Gasteiger charge is -2.15. The number of benzene rings is 2. The van der Waals surface area contributed by atoms with Gasteiger partial charge >= 0.3 is 0 Å². The monoisotopic (exact) mass is 297 g/mol. The van der Waals surface area contributed by atoms with Crippen LogP contribution in [0, 0.1) is 6.92 Å². The standard InChI is InChI=1S/C20H27NO/c1-3-17-8-12-20(13-9-17)22-14-4-5-19(15-21)18-10-6-16(2)7-11-18/h6-13,19H,3-5,14-15,21H2,1-2H3. The van der Waals surface area contributed by atoms with Gasteiger partial charge in [0.25, 0.3) is 0 Å². The molecule has 1 atom stereocenters. The maximum absolute atomic E-state index is 5.93. The highest BCUT2D eigenvalue weighted by molar-refractivity contribution is 5.27. The van der Waals surface area contributed by atoms with Gasteiger partial charge in [0.15, 0.2) is 0 Å². The minimum atomic E-state index is 0.423. The lowest BCUT2D eigenvalue weighted by molar-refractivity contribution is 0.301. The van der Waals surface area contributed by atoms with Crippen LogP contribution in [0.2, 0.25) is 0 Å². The van der Waals surface area contributed by atoms with Gasteiger partial charge in [-0.15, -0.1) is 0 Å². The average molecular weight is 297 g/mol. The van der Waals surface area contributed by atoms with Gasteiger partial charge in [0.05, 0.1) is 6.61 Å². The third-order valence-corrected chi connectivity index (χ3v) is 4.13. The summed E-state index contributed by atoms with van der Waals surface area (Å²) in [5, 5.41) is 0. The van der Waals surface area contributed by atoms with Crippen molar-refractivity contribution in [3.05, 3.63) is 65.2 Å². The van der Waals surface area contributed by atoms with Gasteiger partial charge in [-0.25, -0.2) is 0 Å². The van der Waals surface area contributed by atoms with E-state index in [0.29, 0.717) is 12.5 Å². The van der Waals surface area contributed by atoms with Gasteiger partial charge in [0, 0.05) is 0 Å². The van der Waals surface area contributed by atoms with Gasteiger partial charge in [-0.1, -0.05) is 48.9 Å². The van der Waals surface area contributed by atoms with Gasteiger partial charge in [-0.05, 0) is 61.9 Å². The molecule has 118 valence electrons. The fourth-order valence-electron chi connectivity index (χ4n) is 2.60. The Hall–Kier alpha value is -1.80. The maximum Gasteiger partial charge on any atom is 0.119 e. The zero-order chi connectivity index (χ0) is 15.8. The Morgan fingerprint density at radius 3 is 2.27 bits per heavy atom. The van der Waals surface area contributed by atoms with Crippen LogP contribution in [0.4, 0.5) is 0 Å². The first-order valence-corrected chi connectivity index (χ1v) is 8.21. The van der Waals surface area contributed by atoms with Gasteiger partial charge < -0.3 is 10.5 Å². The third kappa shape index (κ3) is 4.88. The summed E-state index contributed by atoms with van der Waals surface area (Å²) in [6.45, 7) is 5.70. The second-order valence-corrected chi connectivity index (χ2v) is 5.83. The lowest BCUT2D eigenvalue weighted by Crippen LogP contribution is -2.13. The third-order valence-electron chi connectivity index (χ3n) is 4.13. The van der Waals surface area contributed by atoms with Crippen molar-refractivity contribution in [3.63, 3.8) is 0 Å². The van der Waals surface area contributed by atoms with Crippen molar-refractivity contribution in [2.24, 2.45) is 5.73 Å². The van der Waals surface area contributed by atoms with E-state index in [-0.39, 0.29) is 0 Å². The Balaban J connectivity index is 1.77. The van der Waals surface area contributed by atoms with E-state index in [4.69, 9.17) is 10.5 Å². The molecular formula is C20H27NO. The fourth-order valence-corrected chi connectivity index (χ4v) is 2.60. The molecule has 0 aliphatic rings. The van der Waals surface area contributed by atoms with E-state index in [1.54, 1.807) is 0 Å². The van der Waals surface area contributed by atoms with Crippen LogP contribution in [0.1, 0.15) is 42.4 Å². The number of nitrogens with two attached hydrogens (primary N) is 1. The lowest BCUT2D eigenvalue weighted by atomic mass is 9.94. The predicted octanol–water partition coefficient (Wildman–Crippen LogP) is 4.46. The SMILES string of the molecule is CCc1ccc(OCCCC(CN)c2ccc(C)cc2)cc1. The zero-order valence-electron chi connectivity index (χ0n) is 13.7. The van der Waals surface area contributed by atoms with Crippen LogP contribution in [0.15, 0.2) is 48.5 Å². The van der Waals surface area contributed by atoms with Crippen LogP contribution in [0.3, 0.4) is 0 Å². The summed E-state index contributed by atoms with van der Waals surface area (Å²) in [6, 6.07) is 17.1. The number of aryl methyl sites for hydroxylation is 2. The highest BCUT2D eigenvalue weighted by Gasteiger charge is 2.09. The Morgan fingerprint density at radius 1 is 1.00 bits per heavy atom. The second kappa shape index (κ2) is 8.60. The summed E-state index contributed by atoms with van der Waals surface area (Å²) in [4.78, 5) is 0. The first kappa shape index (κ1) is 16.6. The van der Waals surface area contributed by atoms with Gasteiger partial charge in [0.2, 0.25) is 0 Å². The number of hydrogen-bond donors (Lipinski definition) is 1. The largest absolute Gasteiger partial charge is 0.494 e. The van der Waals surface area contributed by atoms with E-state index in [9.17, 15) is 0 Å². The van der Waals surface area contributed by atoms with Crippen LogP contribution in [0.25, 0.3) is 0 Å². The maximum atomic E-state index is 5.93. The minimum Gasteiger partial charge on any atom is -0.494 e.